The number of fused-ring (bicyclic) bond motifs is 2. The maximum absolute atomic E-state index is 17.0. The van der Waals surface area contributed by atoms with Crippen molar-refractivity contribution in [3.63, 3.8) is 0 Å². The molecule has 2 aliphatic rings. The maximum atomic E-state index is 17.0. The number of aromatic nitrogens is 2. The summed E-state index contributed by atoms with van der Waals surface area (Å²) >= 11 is 0. The molecule has 0 aliphatic carbocycles. The van der Waals surface area contributed by atoms with E-state index in [9.17, 15) is 0 Å². The van der Waals surface area contributed by atoms with Gasteiger partial charge in [0.05, 0.1) is 22.3 Å². The van der Waals surface area contributed by atoms with Gasteiger partial charge in [0.2, 0.25) is 0 Å². The molecule has 2 unspecified atom stereocenters. The number of hydrogen-bond donors (Lipinski definition) is 0. The largest absolute Gasteiger partial charge is 0.457 e. The average Bonchev–Trinajstić information content (AvgIpc) is 0.669. The topological polar surface area (TPSA) is 178 Å². The second kappa shape index (κ2) is 31.8. The van der Waals surface area contributed by atoms with Gasteiger partial charge in [0.25, 0.3) is 35.4 Å². The van der Waals surface area contributed by atoms with Crippen LogP contribution in [0.5, 0.6) is 46.0 Å². The van der Waals surface area contributed by atoms with Crippen LogP contribution in [0, 0.1) is 0 Å². The van der Waals surface area contributed by atoms with E-state index >= 15 is 28.8 Å². The van der Waals surface area contributed by atoms with Gasteiger partial charge in [0.15, 0.2) is 0 Å². The smallest absolute Gasteiger partial charge is 0.262 e. The number of ether oxygens (including phenoxy) is 4. The number of benzene rings is 15. The minimum absolute atomic E-state index is 0.0282. The summed E-state index contributed by atoms with van der Waals surface area (Å²) in [6, 6.07) is 98.6. The molecular weight excluding hydrogens is 1490 g/mol. The van der Waals surface area contributed by atoms with Crippen LogP contribution in [0.1, 0.15) is 89.6 Å². The van der Waals surface area contributed by atoms with Crippen molar-refractivity contribution in [1.29, 1.82) is 0 Å². The number of likely N-dealkylation sites (N-methyl/N-ethyl adjacent to an activating group) is 2. The molecule has 0 radical (unpaired) electrons. The van der Waals surface area contributed by atoms with E-state index in [0.717, 1.165) is 65.4 Å². The molecule has 0 saturated heterocycles. The number of rotatable bonds is 24. The molecule has 0 saturated carbocycles. The fourth-order valence-corrected chi connectivity index (χ4v) is 16.8. The molecule has 4 heterocycles. The fraction of sp³-hybridized carbons (Fsp3) is 0.0769. The van der Waals surface area contributed by atoms with E-state index in [1.54, 1.807) is 70.7 Å². The van der Waals surface area contributed by atoms with Gasteiger partial charge in [0.1, 0.15) is 58.1 Å². The summed E-state index contributed by atoms with van der Waals surface area (Å²) in [6.45, 7) is 4.39. The van der Waals surface area contributed by atoms with Crippen molar-refractivity contribution < 1.29 is 47.7 Å². The van der Waals surface area contributed by atoms with Gasteiger partial charge in [-0.25, -0.2) is 0 Å². The lowest BCUT2D eigenvalue weighted by Crippen LogP contribution is -2.49. The van der Waals surface area contributed by atoms with Crippen molar-refractivity contribution in [2.45, 2.75) is 39.0 Å². The second-order valence-corrected chi connectivity index (χ2v) is 29.7. The summed E-state index contributed by atoms with van der Waals surface area (Å²) in [6.07, 6.45) is 6.12. The molecule has 6 amide bonds. The van der Waals surface area contributed by atoms with Gasteiger partial charge < -0.3 is 28.7 Å². The first-order valence-electron chi connectivity index (χ1n) is 39.8. The Morgan fingerprint density at radius 1 is 0.292 bits per heavy atom. The number of nitrogens with zero attached hydrogens (tertiary/aromatic N) is 6. The van der Waals surface area contributed by atoms with Crippen LogP contribution in [-0.2, 0) is 22.7 Å². The summed E-state index contributed by atoms with van der Waals surface area (Å²) in [4.78, 5) is 115. The molecule has 580 valence electrons. The van der Waals surface area contributed by atoms with Crippen LogP contribution in [0.3, 0.4) is 0 Å². The van der Waals surface area contributed by atoms with Crippen molar-refractivity contribution in [2.75, 3.05) is 13.1 Å². The Kier molecular flexibility index (Phi) is 19.7. The molecule has 120 heavy (non-hydrogen) atoms. The van der Waals surface area contributed by atoms with Crippen LogP contribution < -0.4 is 18.9 Å². The first-order chi connectivity index (χ1) is 58.9. The molecule has 0 bridgehead atoms. The summed E-state index contributed by atoms with van der Waals surface area (Å²) < 4.78 is 30.0. The molecule has 2 atom stereocenters. The Labute approximate surface area is 691 Å². The Morgan fingerprint density at radius 2 is 0.533 bits per heavy atom. The maximum Gasteiger partial charge on any atom is 0.262 e. The van der Waals surface area contributed by atoms with Gasteiger partial charge >= 0.3 is 0 Å². The summed E-state index contributed by atoms with van der Waals surface area (Å²) in [5, 5.41) is 1.83. The molecule has 0 fully saturated rings. The zero-order valence-electron chi connectivity index (χ0n) is 65.2. The quantitative estimate of drug-likeness (QED) is 0.0318. The molecule has 15 aromatic carbocycles. The van der Waals surface area contributed by atoms with Crippen molar-refractivity contribution in [1.82, 2.24) is 29.6 Å². The van der Waals surface area contributed by atoms with E-state index in [0.29, 0.717) is 23.0 Å². The second-order valence-electron chi connectivity index (χ2n) is 29.7. The normalized spacial score (nSPS) is 12.9. The van der Waals surface area contributed by atoms with Gasteiger partial charge in [-0.2, -0.15) is 0 Å². The first-order valence-corrected chi connectivity index (χ1v) is 39.8. The molecule has 17 aromatic rings. The SMILES string of the molecule is CCN(Cc1ccccc1)C(=O)C(c1cccnc1)N1C(=O)c2cc(Oc3ccc(-c4ccccc4)cc3)c3c4c(Oc5ccc(-c6ccccc6)cc5)cc5c6c(cc(Oc7ccc(-c8ccccc8)cc7)c(c7c(Oc8ccc(-c9ccccc9)cc8)cc(c2c37)C1=O)c64)C(=O)N(C(C(=O)N(CC)Cc1ccccc1)c1cccnc1)C5=O. The third-order valence-electron chi connectivity index (χ3n) is 22.5. The van der Waals surface area contributed by atoms with Gasteiger partial charge in [-0.1, -0.05) is 243 Å². The third-order valence-corrected chi connectivity index (χ3v) is 22.5. The Morgan fingerprint density at radius 3 is 0.767 bits per heavy atom. The highest BCUT2D eigenvalue weighted by molar-refractivity contribution is 6.45. The molecule has 16 heteroatoms. The van der Waals surface area contributed by atoms with Gasteiger partial charge in [-0.3, -0.25) is 48.5 Å². The lowest BCUT2D eigenvalue weighted by molar-refractivity contribution is -0.136. The molecular formula is C104H74N6O10. The Balaban J connectivity index is 0.939. The number of imide groups is 2. The average molecular weight is 1570 g/mol. The molecule has 2 aromatic heterocycles. The number of amides is 6. The minimum Gasteiger partial charge on any atom is -0.457 e. The van der Waals surface area contributed by atoms with Crippen LogP contribution >= 0.6 is 0 Å². The van der Waals surface area contributed by atoms with Gasteiger partial charge in [0, 0.05) is 105 Å². The van der Waals surface area contributed by atoms with Crippen LogP contribution in [-0.4, -0.2) is 78.1 Å². The molecule has 19 rings (SSSR count). The fourth-order valence-electron chi connectivity index (χ4n) is 16.8. The monoisotopic (exact) mass is 1570 g/mol. The van der Waals surface area contributed by atoms with Crippen molar-refractivity contribution in [2.24, 2.45) is 0 Å². The van der Waals surface area contributed by atoms with E-state index in [1.807, 2.05) is 293 Å². The summed E-state index contributed by atoms with van der Waals surface area (Å²) in [5.41, 5.74) is 9.38. The molecule has 0 N–H and O–H groups in total. The summed E-state index contributed by atoms with van der Waals surface area (Å²) in [7, 11) is 0. The highest BCUT2D eigenvalue weighted by Crippen LogP contribution is 2.59. The van der Waals surface area contributed by atoms with E-state index in [-0.39, 0.29) is 126 Å². The predicted octanol–water partition coefficient (Wildman–Crippen LogP) is 23.1. The lowest BCUT2D eigenvalue weighted by atomic mass is 9.80. The van der Waals surface area contributed by atoms with Crippen LogP contribution in [0.15, 0.2) is 352 Å². The van der Waals surface area contributed by atoms with Crippen LogP contribution in [0.2, 0.25) is 0 Å². The minimum atomic E-state index is -1.59. The van der Waals surface area contributed by atoms with Gasteiger partial charge in [-0.15, -0.1) is 0 Å². The van der Waals surface area contributed by atoms with E-state index in [4.69, 9.17) is 18.9 Å². The number of carbonyl (C=O) groups is 6. The number of hydrogen-bond acceptors (Lipinski definition) is 12. The van der Waals surface area contributed by atoms with Crippen molar-refractivity contribution in [3.05, 3.63) is 397 Å². The van der Waals surface area contributed by atoms with E-state index in [2.05, 4.69) is 9.97 Å². The highest BCUT2D eigenvalue weighted by Gasteiger charge is 2.48. The molecule has 16 nitrogen and oxygen atoms in total. The zero-order chi connectivity index (χ0) is 81.5. The molecule has 2 aliphatic heterocycles. The lowest BCUT2D eigenvalue weighted by Gasteiger charge is -2.37. The predicted molar refractivity (Wildman–Crippen MR) is 465 cm³/mol. The third kappa shape index (κ3) is 13.8. The van der Waals surface area contributed by atoms with E-state index < -0.39 is 47.5 Å². The zero-order valence-corrected chi connectivity index (χ0v) is 65.2. The summed E-state index contributed by atoms with van der Waals surface area (Å²) in [5.74, 6) is -2.94. The number of pyridine rings is 2. The number of carbonyl (C=O) groups excluding carboxylic acids is 6. The van der Waals surface area contributed by atoms with Crippen LogP contribution in [0.4, 0.5) is 0 Å². The Bertz CT molecular complexity index is 6070. The van der Waals surface area contributed by atoms with Crippen molar-refractivity contribution >= 4 is 78.5 Å². The standard InChI is InChI=1S/C104H74N6O10/c1-3-107(63-65-25-11-5-12-26-65)103(115)97(75-37-23-55-105-61-75)109-99(111)81-57-85(117-77-47-39-71(40-48-77)67-29-15-7-16-30-67)91-93-87(119-79-51-43-73(44-52-79)69-33-19-9-20-34-69)59-83-90-84(102(114)110(101(83)113)98(76-38-24-56-106-62-76)104(116)108(4-2)64-66-27-13-6-14-28-66)60-88(120-80-53-45-74(46-54-80)70-35-21-10-22-36-70)94(96(90)93)92-86(58-82(100(109)112)89(81)95(91)92)118-78-49-41-72(42-50-78)68-31-17-8-18-32-68/h5-62,97-98H,3-4,63-64H2,1-2H3. The molecule has 0 spiro atoms. The van der Waals surface area contributed by atoms with Crippen LogP contribution in [0.25, 0.3) is 87.6 Å². The Hall–Kier alpha value is -15.7. The van der Waals surface area contributed by atoms with E-state index in [1.165, 1.54) is 12.4 Å². The first kappa shape index (κ1) is 74.4. The van der Waals surface area contributed by atoms with Crippen molar-refractivity contribution in [3.8, 4) is 90.5 Å². The highest BCUT2D eigenvalue weighted by atomic mass is 16.5. The van der Waals surface area contributed by atoms with Gasteiger partial charge in [-0.05, 0) is 154 Å².